The van der Waals surface area contributed by atoms with Crippen molar-refractivity contribution in [3.05, 3.63) is 94.5 Å². The fraction of sp³-hybridized carbons (Fsp3) is 0.125. The molecule has 3 aromatic carbocycles. The number of carbonyl (C=O) groups excluding carboxylic acids is 3. The minimum Gasteiger partial charge on any atom is -0.434 e. The molecule has 7 nitrogen and oxygen atoms in total. The lowest BCUT2D eigenvalue weighted by atomic mass is 10.1. The van der Waals surface area contributed by atoms with Gasteiger partial charge in [0.1, 0.15) is 5.75 Å². The Hall–Kier alpha value is -3.84. The summed E-state index contributed by atoms with van der Waals surface area (Å²) in [6, 6.07) is 19.9. The van der Waals surface area contributed by atoms with Gasteiger partial charge in [0.25, 0.3) is 11.8 Å². The van der Waals surface area contributed by atoms with E-state index in [4.69, 9.17) is 21.1 Å². The number of benzene rings is 3. The lowest BCUT2D eigenvalue weighted by Crippen LogP contribution is -2.24. The van der Waals surface area contributed by atoms with Crippen molar-refractivity contribution < 1.29 is 23.9 Å². The van der Waals surface area contributed by atoms with E-state index in [1.54, 1.807) is 43.3 Å². The van der Waals surface area contributed by atoms with Crippen LogP contribution in [0.2, 0.25) is 5.02 Å². The molecule has 0 bridgehead atoms. The predicted octanol–water partition coefficient (Wildman–Crippen LogP) is 5.06. The van der Waals surface area contributed by atoms with Gasteiger partial charge in [-0.3, -0.25) is 9.59 Å². The van der Waals surface area contributed by atoms with Gasteiger partial charge in [-0.1, -0.05) is 35.9 Å². The van der Waals surface area contributed by atoms with E-state index in [1.807, 2.05) is 12.1 Å². The Morgan fingerprint density at radius 3 is 2.34 bits per heavy atom. The number of halogens is 1. The number of rotatable bonds is 7. The SMILES string of the molecule is CCOC(=O)Oc1ccc(C(=O)Nc2ccccc2CNC(=O)c2cccc(Cl)c2)cc1. The molecule has 0 fully saturated rings. The summed E-state index contributed by atoms with van der Waals surface area (Å²) < 4.78 is 9.70. The number of para-hydroxylation sites is 1. The Bertz CT molecular complexity index is 1120. The summed E-state index contributed by atoms with van der Waals surface area (Å²) >= 11 is 5.94. The molecule has 0 radical (unpaired) electrons. The van der Waals surface area contributed by atoms with Crippen molar-refractivity contribution in [3.8, 4) is 5.75 Å². The van der Waals surface area contributed by atoms with Gasteiger partial charge in [-0.15, -0.1) is 0 Å². The van der Waals surface area contributed by atoms with Crippen molar-refractivity contribution in [1.29, 1.82) is 0 Å². The predicted molar refractivity (Wildman–Crippen MR) is 121 cm³/mol. The first-order valence-corrected chi connectivity index (χ1v) is 10.2. The van der Waals surface area contributed by atoms with Gasteiger partial charge < -0.3 is 20.1 Å². The Balaban J connectivity index is 1.63. The summed E-state index contributed by atoms with van der Waals surface area (Å²) in [5.74, 6) is -0.351. The summed E-state index contributed by atoms with van der Waals surface area (Å²) in [7, 11) is 0. The molecule has 3 aromatic rings. The van der Waals surface area contributed by atoms with Crippen LogP contribution >= 0.6 is 11.6 Å². The molecule has 0 saturated heterocycles. The van der Waals surface area contributed by atoms with Crippen molar-refractivity contribution >= 4 is 35.3 Å². The van der Waals surface area contributed by atoms with Gasteiger partial charge in [0, 0.05) is 28.4 Å². The van der Waals surface area contributed by atoms with E-state index in [0.717, 1.165) is 5.56 Å². The minimum absolute atomic E-state index is 0.207. The molecule has 3 rings (SSSR count). The molecular formula is C24H21ClN2O5. The Morgan fingerprint density at radius 1 is 0.875 bits per heavy atom. The maximum absolute atomic E-state index is 12.7. The Kier molecular flexibility index (Phi) is 7.83. The van der Waals surface area contributed by atoms with Crippen molar-refractivity contribution in [2.75, 3.05) is 11.9 Å². The highest BCUT2D eigenvalue weighted by atomic mass is 35.5. The molecule has 32 heavy (non-hydrogen) atoms. The zero-order valence-electron chi connectivity index (χ0n) is 17.3. The molecule has 0 aliphatic heterocycles. The van der Waals surface area contributed by atoms with Gasteiger partial charge >= 0.3 is 6.16 Å². The maximum Gasteiger partial charge on any atom is 0.513 e. The van der Waals surface area contributed by atoms with Crippen molar-refractivity contribution in [2.45, 2.75) is 13.5 Å². The van der Waals surface area contributed by atoms with Crippen LogP contribution in [0.25, 0.3) is 0 Å². The van der Waals surface area contributed by atoms with Crippen LogP contribution in [0.5, 0.6) is 5.75 Å². The highest BCUT2D eigenvalue weighted by molar-refractivity contribution is 6.30. The van der Waals surface area contributed by atoms with E-state index in [1.165, 1.54) is 24.3 Å². The van der Waals surface area contributed by atoms with E-state index in [9.17, 15) is 14.4 Å². The standard InChI is InChI=1S/C24H21ClN2O5/c1-2-31-24(30)32-20-12-10-16(11-13-20)23(29)27-21-9-4-3-6-18(21)15-26-22(28)17-7-5-8-19(25)14-17/h3-14H,2,15H2,1H3,(H,26,28)(H,27,29). The molecule has 0 atom stereocenters. The van der Waals surface area contributed by atoms with E-state index in [2.05, 4.69) is 10.6 Å². The molecule has 8 heteroatoms. The average molecular weight is 453 g/mol. The quantitative estimate of drug-likeness (QED) is 0.386. The minimum atomic E-state index is -0.807. The van der Waals surface area contributed by atoms with E-state index < -0.39 is 6.16 Å². The number of nitrogens with one attached hydrogen (secondary N) is 2. The fourth-order valence-electron chi connectivity index (χ4n) is 2.82. The van der Waals surface area contributed by atoms with Gasteiger partial charge in [-0.2, -0.15) is 0 Å². The third-order valence-electron chi connectivity index (χ3n) is 4.37. The van der Waals surface area contributed by atoms with Crippen LogP contribution in [0.1, 0.15) is 33.2 Å². The molecule has 0 unspecified atom stereocenters. The second-order valence-corrected chi connectivity index (χ2v) is 7.05. The van der Waals surface area contributed by atoms with Crippen LogP contribution in [0.15, 0.2) is 72.8 Å². The van der Waals surface area contributed by atoms with Crippen molar-refractivity contribution in [3.63, 3.8) is 0 Å². The largest absolute Gasteiger partial charge is 0.513 e. The van der Waals surface area contributed by atoms with Crippen LogP contribution in [-0.4, -0.2) is 24.6 Å². The third-order valence-corrected chi connectivity index (χ3v) is 4.61. The highest BCUT2D eigenvalue weighted by Gasteiger charge is 2.12. The Labute approximate surface area is 190 Å². The molecule has 2 N–H and O–H groups in total. The molecule has 0 aliphatic carbocycles. The Morgan fingerprint density at radius 2 is 1.62 bits per heavy atom. The number of carbonyl (C=O) groups is 3. The molecule has 0 aliphatic rings. The highest BCUT2D eigenvalue weighted by Crippen LogP contribution is 2.18. The van der Waals surface area contributed by atoms with Gasteiger partial charge in [0.2, 0.25) is 0 Å². The summed E-state index contributed by atoms with van der Waals surface area (Å²) in [5, 5.41) is 6.13. The number of hydrogen-bond acceptors (Lipinski definition) is 5. The average Bonchev–Trinajstić information content (AvgIpc) is 2.79. The van der Waals surface area contributed by atoms with Crippen molar-refractivity contribution in [1.82, 2.24) is 5.32 Å². The van der Waals surface area contributed by atoms with Crippen molar-refractivity contribution in [2.24, 2.45) is 0 Å². The third kappa shape index (κ3) is 6.33. The van der Waals surface area contributed by atoms with Gasteiger partial charge in [0.15, 0.2) is 0 Å². The van der Waals surface area contributed by atoms with Crippen LogP contribution in [0.3, 0.4) is 0 Å². The zero-order valence-corrected chi connectivity index (χ0v) is 18.0. The monoisotopic (exact) mass is 452 g/mol. The summed E-state index contributed by atoms with van der Waals surface area (Å²) in [5.41, 5.74) is 2.12. The number of ether oxygens (including phenoxy) is 2. The van der Waals surface area contributed by atoms with E-state index in [-0.39, 0.29) is 30.7 Å². The number of amides is 2. The zero-order chi connectivity index (χ0) is 22.9. The fourth-order valence-corrected chi connectivity index (χ4v) is 3.01. The normalized spacial score (nSPS) is 10.2. The lowest BCUT2D eigenvalue weighted by molar-refractivity contribution is 0.0949. The molecule has 2 amide bonds. The van der Waals surface area contributed by atoms with Gasteiger partial charge in [-0.25, -0.2) is 4.79 Å². The van der Waals surface area contributed by atoms with Crippen LogP contribution in [0.4, 0.5) is 10.5 Å². The van der Waals surface area contributed by atoms with E-state index >= 15 is 0 Å². The molecule has 0 spiro atoms. The summed E-state index contributed by atoms with van der Waals surface area (Å²) in [4.78, 5) is 36.4. The smallest absolute Gasteiger partial charge is 0.434 e. The van der Waals surface area contributed by atoms with Crippen LogP contribution in [-0.2, 0) is 11.3 Å². The second-order valence-electron chi connectivity index (χ2n) is 6.61. The summed E-state index contributed by atoms with van der Waals surface area (Å²) in [6.45, 7) is 2.10. The van der Waals surface area contributed by atoms with Gasteiger partial charge in [-0.05, 0) is 61.0 Å². The molecule has 0 aromatic heterocycles. The molecule has 0 saturated carbocycles. The summed E-state index contributed by atoms with van der Waals surface area (Å²) in [6.07, 6.45) is -0.807. The molecule has 164 valence electrons. The van der Waals surface area contributed by atoms with Crippen LogP contribution in [0, 0.1) is 0 Å². The molecular weight excluding hydrogens is 432 g/mol. The number of anilines is 1. The van der Waals surface area contributed by atoms with E-state index in [0.29, 0.717) is 21.8 Å². The molecule has 0 heterocycles. The topological polar surface area (TPSA) is 93.7 Å². The van der Waals surface area contributed by atoms with Gasteiger partial charge in [0.05, 0.1) is 6.61 Å². The first-order chi connectivity index (χ1) is 15.5. The number of hydrogen-bond donors (Lipinski definition) is 2. The first-order valence-electron chi connectivity index (χ1n) is 9.84. The first kappa shape index (κ1) is 22.8. The van der Waals surface area contributed by atoms with Crippen LogP contribution < -0.4 is 15.4 Å². The maximum atomic E-state index is 12.7. The second kappa shape index (κ2) is 11.0. The lowest BCUT2D eigenvalue weighted by Gasteiger charge is -2.12.